The maximum absolute atomic E-state index is 14.4. The molecule has 0 radical (unpaired) electrons. The standard InChI is InChI=1S/C26H33F2N3O4/c1-16-12-31(13-19-10-20(27)6-9-23(19)28)17(2)15-35-24-11-21(29-18(3)32)7-8-22(24)26(33)30(4)14-25(16)34-5/h6-11,16-17,25H,12-15H2,1-5H3,(H,29,32)/t16-,17+,25-/m0/s1. The Bertz CT molecular complexity index is 1060. The number of nitrogens with zero attached hydrogens (tertiary/aromatic N) is 2. The maximum Gasteiger partial charge on any atom is 0.257 e. The summed E-state index contributed by atoms with van der Waals surface area (Å²) < 4.78 is 40.1. The van der Waals surface area contributed by atoms with E-state index in [4.69, 9.17) is 9.47 Å². The first-order valence-electron chi connectivity index (χ1n) is 11.6. The van der Waals surface area contributed by atoms with Gasteiger partial charge in [-0.25, -0.2) is 8.78 Å². The monoisotopic (exact) mass is 489 g/mol. The van der Waals surface area contributed by atoms with Crippen LogP contribution in [0.1, 0.15) is 36.7 Å². The quantitative estimate of drug-likeness (QED) is 0.705. The van der Waals surface area contributed by atoms with Crippen LogP contribution in [0.3, 0.4) is 0 Å². The summed E-state index contributed by atoms with van der Waals surface area (Å²) in [4.78, 5) is 28.3. The normalized spacial score (nSPS) is 22.0. The second kappa shape index (κ2) is 11.6. The zero-order valence-corrected chi connectivity index (χ0v) is 20.8. The van der Waals surface area contributed by atoms with E-state index in [0.29, 0.717) is 30.1 Å². The van der Waals surface area contributed by atoms with Crippen molar-refractivity contribution in [3.05, 3.63) is 59.2 Å². The lowest BCUT2D eigenvalue weighted by atomic mass is 10.0. The number of carbonyl (C=O) groups is 2. The second-order valence-corrected chi connectivity index (χ2v) is 9.15. The minimum atomic E-state index is -0.498. The Morgan fingerprint density at radius 1 is 1.17 bits per heavy atom. The number of likely N-dealkylation sites (N-methyl/N-ethyl adjacent to an activating group) is 1. The van der Waals surface area contributed by atoms with Crippen LogP contribution < -0.4 is 10.1 Å². The number of nitrogens with one attached hydrogen (secondary N) is 1. The molecular weight excluding hydrogens is 456 g/mol. The third-order valence-corrected chi connectivity index (χ3v) is 6.28. The van der Waals surface area contributed by atoms with E-state index in [9.17, 15) is 18.4 Å². The summed E-state index contributed by atoms with van der Waals surface area (Å²) in [6.07, 6.45) is -0.279. The third-order valence-electron chi connectivity index (χ3n) is 6.28. The average Bonchev–Trinajstić information content (AvgIpc) is 2.81. The van der Waals surface area contributed by atoms with Crippen molar-refractivity contribution in [3.63, 3.8) is 0 Å². The van der Waals surface area contributed by atoms with Gasteiger partial charge < -0.3 is 19.7 Å². The molecule has 2 aromatic carbocycles. The Labute approximate surface area is 205 Å². The summed E-state index contributed by atoms with van der Waals surface area (Å²) in [5, 5.41) is 2.70. The molecule has 0 aliphatic carbocycles. The van der Waals surface area contributed by atoms with E-state index in [1.165, 1.54) is 13.0 Å². The highest BCUT2D eigenvalue weighted by atomic mass is 19.1. The number of hydrogen-bond acceptors (Lipinski definition) is 5. The minimum absolute atomic E-state index is 0.0182. The molecule has 0 saturated carbocycles. The molecule has 0 unspecified atom stereocenters. The number of carbonyl (C=O) groups excluding carboxylic acids is 2. The van der Waals surface area contributed by atoms with E-state index >= 15 is 0 Å². The molecule has 7 nitrogen and oxygen atoms in total. The van der Waals surface area contributed by atoms with Crippen LogP contribution >= 0.6 is 0 Å². The molecule has 190 valence electrons. The van der Waals surface area contributed by atoms with Gasteiger partial charge in [-0.2, -0.15) is 0 Å². The predicted molar refractivity (Wildman–Crippen MR) is 129 cm³/mol. The molecule has 1 aliphatic heterocycles. The number of rotatable bonds is 4. The van der Waals surface area contributed by atoms with Crippen molar-refractivity contribution in [3.8, 4) is 5.75 Å². The number of benzene rings is 2. The van der Waals surface area contributed by atoms with E-state index in [-0.39, 0.29) is 48.6 Å². The van der Waals surface area contributed by atoms with Crippen LogP contribution in [0.25, 0.3) is 0 Å². The fraction of sp³-hybridized carbons (Fsp3) is 0.462. The summed E-state index contributed by atoms with van der Waals surface area (Å²) in [7, 11) is 3.29. The summed E-state index contributed by atoms with van der Waals surface area (Å²) in [6.45, 7) is 6.56. The molecule has 0 spiro atoms. The van der Waals surface area contributed by atoms with E-state index in [1.54, 1.807) is 37.3 Å². The first kappa shape index (κ1) is 26.6. The number of methoxy groups -OCH3 is 1. The van der Waals surface area contributed by atoms with Gasteiger partial charge in [-0.05, 0) is 43.2 Å². The molecule has 2 aromatic rings. The van der Waals surface area contributed by atoms with Crippen molar-refractivity contribution in [2.45, 2.75) is 39.5 Å². The molecular formula is C26H33F2N3O4. The first-order chi connectivity index (χ1) is 16.6. The molecule has 0 bridgehead atoms. The largest absolute Gasteiger partial charge is 0.491 e. The Morgan fingerprint density at radius 2 is 1.91 bits per heavy atom. The number of ether oxygens (including phenoxy) is 2. The predicted octanol–water partition coefficient (Wildman–Crippen LogP) is 3.93. The molecule has 2 amide bonds. The van der Waals surface area contributed by atoms with Crippen molar-refractivity contribution in [1.29, 1.82) is 0 Å². The highest BCUT2D eigenvalue weighted by Crippen LogP contribution is 2.27. The summed E-state index contributed by atoms with van der Waals surface area (Å²) in [6, 6.07) is 8.13. The van der Waals surface area contributed by atoms with Crippen molar-refractivity contribution in [2.75, 3.05) is 39.2 Å². The lowest BCUT2D eigenvalue weighted by Gasteiger charge is -2.36. The summed E-state index contributed by atoms with van der Waals surface area (Å²) >= 11 is 0. The van der Waals surface area contributed by atoms with Crippen LogP contribution in [-0.2, 0) is 16.1 Å². The molecule has 0 saturated heterocycles. The van der Waals surface area contributed by atoms with Gasteiger partial charge in [0.1, 0.15) is 24.0 Å². The van der Waals surface area contributed by atoms with Gasteiger partial charge in [-0.1, -0.05) is 6.92 Å². The van der Waals surface area contributed by atoms with E-state index in [0.717, 1.165) is 12.1 Å². The highest BCUT2D eigenvalue weighted by molar-refractivity contribution is 5.98. The van der Waals surface area contributed by atoms with Crippen LogP contribution in [0.5, 0.6) is 5.75 Å². The Kier molecular flexibility index (Phi) is 8.80. The number of fused-ring (bicyclic) bond motifs is 1. The van der Waals surface area contributed by atoms with Gasteiger partial charge in [-0.15, -0.1) is 0 Å². The number of anilines is 1. The molecule has 35 heavy (non-hydrogen) atoms. The Morgan fingerprint density at radius 3 is 2.60 bits per heavy atom. The van der Waals surface area contributed by atoms with E-state index < -0.39 is 11.6 Å². The summed E-state index contributed by atoms with van der Waals surface area (Å²) in [5.41, 5.74) is 1.12. The first-order valence-corrected chi connectivity index (χ1v) is 11.6. The lowest BCUT2D eigenvalue weighted by Crippen LogP contribution is -2.46. The molecule has 0 fully saturated rings. The SMILES string of the molecule is CO[C@H]1CN(C)C(=O)c2ccc(NC(C)=O)cc2OC[C@@H](C)N(Cc2cc(F)ccc2F)C[C@@H]1C. The van der Waals surface area contributed by atoms with Gasteiger partial charge in [-0.3, -0.25) is 14.5 Å². The average molecular weight is 490 g/mol. The van der Waals surface area contributed by atoms with Crippen LogP contribution in [0.4, 0.5) is 14.5 Å². The van der Waals surface area contributed by atoms with Gasteiger partial charge in [0.2, 0.25) is 5.91 Å². The third kappa shape index (κ3) is 6.76. The van der Waals surface area contributed by atoms with E-state index in [1.807, 2.05) is 18.7 Å². The lowest BCUT2D eigenvalue weighted by molar-refractivity contribution is -0.114. The van der Waals surface area contributed by atoms with Crippen LogP contribution in [0, 0.1) is 17.6 Å². The molecule has 9 heteroatoms. The van der Waals surface area contributed by atoms with Crippen molar-refractivity contribution in [2.24, 2.45) is 5.92 Å². The van der Waals surface area contributed by atoms with Crippen molar-refractivity contribution < 1.29 is 27.8 Å². The zero-order chi connectivity index (χ0) is 25.7. The van der Waals surface area contributed by atoms with Crippen LogP contribution in [0.2, 0.25) is 0 Å². The summed E-state index contributed by atoms with van der Waals surface area (Å²) in [5.74, 6) is -1.13. The topological polar surface area (TPSA) is 71.1 Å². The molecule has 0 aromatic heterocycles. The van der Waals surface area contributed by atoms with Gasteiger partial charge in [0.25, 0.3) is 5.91 Å². The number of halogens is 2. The molecule has 3 atom stereocenters. The smallest absolute Gasteiger partial charge is 0.257 e. The van der Waals surface area contributed by atoms with Gasteiger partial charge in [0, 0.05) is 64.1 Å². The zero-order valence-electron chi connectivity index (χ0n) is 20.8. The highest BCUT2D eigenvalue weighted by Gasteiger charge is 2.29. The van der Waals surface area contributed by atoms with Gasteiger partial charge >= 0.3 is 0 Å². The Hall–Kier alpha value is -3.04. The van der Waals surface area contributed by atoms with E-state index in [2.05, 4.69) is 5.32 Å². The van der Waals surface area contributed by atoms with Crippen LogP contribution in [0.15, 0.2) is 36.4 Å². The second-order valence-electron chi connectivity index (χ2n) is 9.15. The molecule has 3 rings (SSSR count). The number of amides is 2. The number of hydrogen-bond donors (Lipinski definition) is 1. The molecule has 1 heterocycles. The molecule has 1 aliphatic rings. The Balaban J connectivity index is 1.97. The maximum atomic E-state index is 14.4. The van der Waals surface area contributed by atoms with Crippen molar-refractivity contribution in [1.82, 2.24) is 9.80 Å². The van der Waals surface area contributed by atoms with Gasteiger partial charge in [0.15, 0.2) is 0 Å². The van der Waals surface area contributed by atoms with Crippen LogP contribution in [-0.4, -0.2) is 67.6 Å². The molecule has 1 N–H and O–H groups in total. The van der Waals surface area contributed by atoms with Gasteiger partial charge in [0.05, 0.1) is 11.7 Å². The minimum Gasteiger partial charge on any atom is -0.491 e. The van der Waals surface area contributed by atoms with Crippen molar-refractivity contribution >= 4 is 17.5 Å². The fourth-order valence-corrected chi connectivity index (χ4v) is 4.23. The fourth-order valence-electron chi connectivity index (χ4n) is 4.23.